The lowest BCUT2D eigenvalue weighted by Crippen LogP contribution is -2.34. The molecule has 0 saturated heterocycles. The molecule has 1 fully saturated rings. The Bertz CT molecular complexity index is 467. The van der Waals surface area contributed by atoms with Gasteiger partial charge < -0.3 is 10.4 Å². The molecule has 0 aliphatic heterocycles. The van der Waals surface area contributed by atoms with Crippen molar-refractivity contribution in [2.45, 2.75) is 45.1 Å². The number of hydrogen-bond donors (Lipinski definition) is 2. The highest BCUT2D eigenvalue weighted by Crippen LogP contribution is 2.27. The molecular weight excluding hydrogens is 249 g/mol. The first-order chi connectivity index (χ1) is 9.09. The van der Waals surface area contributed by atoms with Gasteiger partial charge in [-0.3, -0.25) is 4.79 Å². The number of carboxylic acid groups (broad SMARTS) is 1. The number of halogens is 1. The first kappa shape index (κ1) is 13.7. The predicted octanol–water partition coefficient (Wildman–Crippen LogP) is 2.37. The van der Waals surface area contributed by atoms with E-state index in [1.165, 1.54) is 6.33 Å². The van der Waals surface area contributed by atoms with Gasteiger partial charge in [0.25, 0.3) is 0 Å². The molecule has 2 atom stereocenters. The number of nitrogens with one attached hydrogen (secondary N) is 1. The molecule has 1 aliphatic carbocycles. The van der Waals surface area contributed by atoms with Gasteiger partial charge in [0, 0.05) is 6.04 Å². The van der Waals surface area contributed by atoms with Crippen LogP contribution in [0.3, 0.4) is 0 Å². The van der Waals surface area contributed by atoms with E-state index in [0.29, 0.717) is 6.42 Å². The molecule has 1 aliphatic rings. The Labute approximate surface area is 111 Å². The Morgan fingerprint density at radius 3 is 2.84 bits per heavy atom. The quantitative estimate of drug-likeness (QED) is 0.822. The normalized spacial score (nSPS) is 23.7. The number of aromatic nitrogens is 2. The third kappa shape index (κ3) is 3.19. The lowest BCUT2D eigenvalue weighted by molar-refractivity contribution is -0.142. The molecule has 2 unspecified atom stereocenters. The molecule has 0 radical (unpaired) electrons. The second-order valence-electron chi connectivity index (χ2n) is 4.96. The van der Waals surface area contributed by atoms with Gasteiger partial charge in [0.15, 0.2) is 11.6 Å². The number of aliphatic carboxylic acids is 1. The van der Waals surface area contributed by atoms with Crippen molar-refractivity contribution in [3.8, 4) is 0 Å². The van der Waals surface area contributed by atoms with Crippen molar-refractivity contribution in [3.63, 3.8) is 0 Å². The van der Waals surface area contributed by atoms with Crippen molar-refractivity contribution < 1.29 is 14.3 Å². The smallest absolute Gasteiger partial charge is 0.308 e. The fraction of sp³-hybridized carbons (Fsp3) is 0.615. The minimum Gasteiger partial charge on any atom is -0.481 e. The van der Waals surface area contributed by atoms with Crippen LogP contribution in [0.5, 0.6) is 0 Å². The minimum atomic E-state index is -0.828. The van der Waals surface area contributed by atoms with Gasteiger partial charge in [0.1, 0.15) is 6.33 Å². The highest BCUT2D eigenvalue weighted by Gasteiger charge is 2.30. The second-order valence-corrected chi connectivity index (χ2v) is 4.96. The summed E-state index contributed by atoms with van der Waals surface area (Å²) in [5, 5.41) is 12.2. The van der Waals surface area contributed by atoms with Gasteiger partial charge in [0.2, 0.25) is 0 Å². The van der Waals surface area contributed by atoms with E-state index in [1.54, 1.807) is 6.92 Å². The summed E-state index contributed by atoms with van der Waals surface area (Å²) in [6, 6.07) is -0.274. The summed E-state index contributed by atoms with van der Waals surface area (Å²) < 4.78 is 13.9. The fourth-order valence-corrected chi connectivity index (χ4v) is 2.51. The van der Waals surface area contributed by atoms with Crippen LogP contribution in [0.2, 0.25) is 0 Å². The lowest BCUT2D eigenvalue weighted by Gasteiger charge is -2.23. The molecule has 6 heteroatoms. The maximum atomic E-state index is 13.9. The predicted molar refractivity (Wildman–Crippen MR) is 68.3 cm³/mol. The fourth-order valence-electron chi connectivity index (χ4n) is 2.51. The zero-order valence-electron chi connectivity index (χ0n) is 10.9. The van der Waals surface area contributed by atoms with E-state index in [4.69, 9.17) is 0 Å². The summed E-state index contributed by atoms with van der Waals surface area (Å²) in [6.45, 7) is 1.56. The first-order valence-corrected chi connectivity index (χ1v) is 6.56. The van der Waals surface area contributed by atoms with Crippen LogP contribution in [-0.2, 0) is 4.79 Å². The summed E-state index contributed by atoms with van der Waals surface area (Å²) in [6.07, 6.45) is 5.51. The van der Waals surface area contributed by atoms with Crippen molar-refractivity contribution in [3.05, 3.63) is 17.8 Å². The third-order valence-corrected chi connectivity index (χ3v) is 3.62. The summed E-state index contributed by atoms with van der Waals surface area (Å²) in [7, 11) is 0. The number of nitrogens with zero attached hydrogens (tertiary/aromatic N) is 2. The largest absolute Gasteiger partial charge is 0.481 e. The van der Waals surface area contributed by atoms with Gasteiger partial charge >= 0.3 is 5.97 Å². The summed E-state index contributed by atoms with van der Waals surface area (Å²) in [4.78, 5) is 18.9. The van der Waals surface area contributed by atoms with E-state index in [-0.39, 0.29) is 17.6 Å². The maximum Gasteiger partial charge on any atom is 0.308 e. The van der Waals surface area contributed by atoms with Crippen LogP contribution in [0.25, 0.3) is 0 Å². The van der Waals surface area contributed by atoms with Crippen LogP contribution in [0, 0.1) is 18.7 Å². The zero-order valence-corrected chi connectivity index (χ0v) is 10.9. The number of aryl methyl sites for hydroxylation is 1. The van der Waals surface area contributed by atoms with Gasteiger partial charge in [-0.2, -0.15) is 0 Å². The topological polar surface area (TPSA) is 75.1 Å². The average Bonchev–Trinajstić information content (AvgIpc) is 2.60. The monoisotopic (exact) mass is 267 g/mol. The molecular formula is C13H18FN3O2. The van der Waals surface area contributed by atoms with Gasteiger partial charge in [-0.05, 0) is 19.8 Å². The average molecular weight is 267 g/mol. The summed E-state index contributed by atoms with van der Waals surface area (Å²) >= 11 is 0. The van der Waals surface area contributed by atoms with Gasteiger partial charge in [-0.25, -0.2) is 14.4 Å². The van der Waals surface area contributed by atoms with Crippen LogP contribution < -0.4 is 5.32 Å². The van der Waals surface area contributed by atoms with Gasteiger partial charge in [-0.15, -0.1) is 0 Å². The molecule has 0 amide bonds. The second kappa shape index (κ2) is 5.95. The number of rotatable bonds is 3. The van der Waals surface area contributed by atoms with Crippen molar-refractivity contribution >= 4 is 11.8 Å². The SMILES string of the molecule is Cc1ncnc(NC2CCCCCC2C(=O)O)c1F. The molecule has 2 N–H and O–H groups in total. The first-order valence-electron chi connectivity index (χ1n) is 6.56. The third-order valence-electron chi connectivity index (χ3n) is 3.62. The molecule has 1 saturated carbocycles. The van der Waals surface area contributed by atoms with E-state index < -0.39 is 17.7 Å². The van der Waals surface area contributed by atoms with Crippen molar-refractivity contribution in [2.75, 3.05) is 5.32 Å². The van der Waals surface area contributed by atoms with Crippen LogP contribution in [0.1, 0.15) is 37.8 Å². The molecule has 0 spiro atoms. The Kier molecular flexibility index (Phi) is 4.29. The van der Waals surface area contributed by atoms with Gasteiger partial charge in [0.05, 0.1) is 11.6 Å². The number of carboxylic acids is 1. The van der Waals surface area contributed by atoms with E-state index in [1.807, 2.05) is 0 Å². The van der Waals surface area contributed by atoms with Crippen LogP contribution in [-0.4, -0.2) is 27.1 Å². The Balaban J connectivity index is 2.18. The Morgan fingerprint density at radius 1 is 1.37 bits per heavy atom. The number of carbonyl (C=O) groups is 1. The summed E-state index contributed by atoms with van der Waals surface area (Å²) in [5.74, 6) is -1.72. The molecule has 0 aromatic carbocycles. The number of anilines is 1. The van der Waals surface area contributed by atoms with Crippen LogP contribution in [0.4, 0.5) is 10.2 Å². The maximum absolute atomic E-state index is 13.9. The molecule has 1 aromatic heterocycles. The van der Waals surface area contributed by atoms with Crippen molar-refractivity contribution in [2.24, 2.45) is 5.92 Å². The number of hydrogen-bond acceptors (Lipinski definition) is 4. The van der Waals surface area contributed by atoms with E-state index in [2.05, 4.69) is 15.3 Å². The van der Waals surface area contributed by atoms with E-state index in [9.17, 15) is 14.3 Å². The molecule has 1 heterocycles. The van der Waals surface area contributed by atoms with Crippen LogP contribution in [0.15, 0.2) is 6.33 Å². The van der Waals surface area contributed by atoms with Crippen LogP contribution >= 0.6 is 0 Å². The zero-order chi connectivity index (χ0) is 13.8. The molecule has 1 aromatic rings. The standard InChI is InChI=1S/C13H18FN3O2/c1-8-11(14)12(16-7-15-8)17-10-6-4-2-3-5-9(10)13(18)19/h7,9-10H,2-6H2,1H3,(H,18,19)(H,15,16,17). The highest BCUT2D eigenvalue weighted by atomic mass is 19.1. The Hall–Kier alpha value is -1.72. The van der Waals surface area contributed by atoms with Crippen molar-refractivity contribution in [1.29, 1.82) is 0 Å². The lowest BCUT2D eigenvalue weighted by atomic mass is 9.95. The van der Waals surface area contributed by atoms with E-state index in [0.717, 1.165) is 25.7 Å². The van der Waals surface area contributed by atoms with E-state index >= 15 is 0 Å². The molecule has 2 rings (SSSR count). The van der Waals surface area contributed by atoms with Gasteiger partial charge in [-0.1, -0.05) is 19.3 Å². The summed E-state index contributed by atoms with van der Waals surface area (Å²) in [5.41, 5.74) is 0.262. The Morgan fingerprint density at radius 2 is 2.11 bits per heavy atom. The molecule has 0 bridgehead atoms. The molecule has 5 nitrogen and oxygen atoms in total. The highest BCUT2D eigenvalue weighted by molar-refractivity contribution is 5.71. The molecule has 19 heavy (non-hydrogen) atoms. The molecule has 104 valence electrons. The minimum absolute atomic E-state index is 0.102. The van der Waals surface area contributed by atoms with Crippen molar-refractivity contribution in [1.82, 2.24) is 9.97 Å².